The summed E-state index contributed by atoms with van der Waals surface area (Å²) >= 11 is 1.26. The maximum absolute atomic E-state index is 11.5. The van der Waals surface area contributed by atoms with Crippen molar-refractivity contribution < 1.29 is 9.53 Å². The van der Waals surface area contributed by atoms with E-state index < -0.39 is 0 Å². The van der Waals surface area contributed by atoms with Crippen LogP contribution in [0.25, 0.3) is 0 Å². The van der Waals surface area contributed by atoms with Gasteiger partial charge in [0.05, 0.1) is 12.2 Å². The molecule has 0 aromatic carbocycles. The Morgan fingerprint density at radius 1 is 1.61 bits per heavy atom. The number of nitrogens with zero attached hydrogens (tertiary/aromatic N) is 2. The molecule has 5 heteroatoms. The number of ether oxygens (including phenoxy) is 1. The van der Waals surface area contributed by atoms with Crippen molar-refractivity contribution in [3.8, 4) is 6.07 Å². The van der Waals surface area contributed by atoms with Crippen LogP contribution in [0, 0.1) is 25.2 Å². The number of hydrogen-bond acceptors (Lipinski definition) is 5. The van der Waals surface area contributed by atoms with E-state index in [0.717, 1.165) is 11.3 Å². The van der Waals surface area contributed by atoms with Crippen LogP contribution in [0.4, 0.5) is 0 Å². The number of esters is 1. The summed E-state index contributed by atoms with van der Waals surface area (Å²) < 4.78 is 4.93. The molecule has 0 saturated heterocycles. The van der Waals surface area contributed by atoms with E-state index in [1.54, 1.807) is 19.9 Å². The molecule has 4 nitrogen and oxygen atoms in total. The first-order valence-electron chi connectivity index (χ1n) is 5.71. The Labute approximate surface area is 111 Å². The monoisotopic (exact) mass is 264 g/mol. The first-order valence-corrected chi connectivity index (χ1v) is 6.59. The molecule has 0 amide bonds. The summed E-state index contributed by atoms with van der Waals surface area (Å²) in [6, 6.07) is 3.90. The van der Waals surface area contributed by atoms with Crippen molar-refractivity contribution in [2.75, 3.05) is 6.61 Å². The number of rotatable bonds is 4. The van der Waals surface area contributed by atoms with E-state index in [1.165, 1.54) is 11.8 Å². The van der Waals surface area contributed by atoms with Crippen molar-refractivity contribution >= 4 is 17.7 Å². The molecule has 1 rings (SSSR count). The van der Waals surface area contributed by atoms with E-state index in [2.05, 4.69) is 11.1 Å². The van der Waals surface area contributed by atoms with E-state index in [0.29, 0.717) is 17.2 Å². The van der Waals surface area contributed by atoms with Gasteiger partial charge in [0.1, 0.15) is 16.3 Å². The van der Waals surface area contributed by atoms with Crippen molar-refractivity contribution in [2.24, 2.45) is 0 Å². The minimum atomic E-state index is -0.369. The second kappa shape index (κ2) is 6.41. The quantitative estimate of drug-likeness (QED) is 0.618. The molecular weight excluding hydrogens is 248 g/mol. The molecule has 0 spiro atoms. The molecule has 96 valence electrons. The Bertz CT molecular complexity index is 494. The fourth-order valence-electron chi connectivity index (χ4n) is 1.33. The highest BCUT2D eigenvalue weighted by molar-refractivity contribution is 8.00. The maximum Gasteiger partial charge on any atom is 0.319 e. The molecule has 1 heterocycles. The number of thioether (sulfide) groups is 1. The van der Waals surface area contributed by atoms with Crippen molar-refractivity contribution in [1.82, 2.24) is 4.98 Å². The van der Waals surface area contributed by atoms with Crippen molar-refractivity contribution in [3.05, 3.63) is 22.9 Å². The Hall–Kier alpha value is -1.54. The minimum Gasteiger partial charge on any atom is -0.465 e. The van der Waals surface area contributed by atoms with Crippen molar-refractivity contribution in [1.29, 1.82) is 5.26 Å². The van der Waals surface area contributed by atoms with Crippen LogP contribution in [0.15, 0.2) is 11.1 Å². The van der Waals surface area contributed by atoms with Gasteiger partial charge in [0.2, 0.25) is 0 Å². The van der Waals surface area contributed by atoms with Crippen LogP contribution in [-0.4, -0.2) is 22.8 Å². The summed E-state index contributed by atoms with van der Waals surface area (Å²) in [5, 5.41) is 9.28. The van der Waals surface area contributed by atoms with Gasteiger partial charge in [-0.1, -0.05) is 11.8 Å². The smallest absolute Gasteiger partial charge is 0.319 e. The number of carbonyl (C=O) groups excluding carboxylic acids is 1. The first-order chi connectivity index (χ1) is 8.49. The first kappa shape index (κ1) is 14.5. The Kier molecular flexibility index (Phi) is 5.17. The number of hydrogen-bond donors (Lipinski definition) is 0. The second-order valence-corrected chi connectivity index (χ2v) is 5.20. The Morgan fingerprint density at radius 3 is 2.83 bits per heavy atom. The summed E-state index contributed by atoms with van der Waals surface area (Å²) in [6.45, 7) is 7.67. The standard InChI is InChI=1S/C13H16N2O2S/c1-5-17-13(16)10(4)18-12-11(7-14)6-8(2)9(3)15-12/h6,10H,5H2,1-4H3. The van der Waals surface area contributed by atoms with Gasteiger partial charge < -0.3 is 4.74 Å². The van der Waals surface area contributed by atoms with E-state index in [9.17, 15) is 4.79 Å². The highest BCUT2D eigenvalue weighted by Crippen LogP contribution is 2.26. The van der Waals surface area contributed by atoms with Crippen LogP contribution >= 0.6 is 11.8 Å². The molecule has 0 fully saturated rings. The lowest BCUT2D eigenvalue weighted by Gasteiger charge is -2.11. The molecule has 1 atom stereocenters. The van der Waals surface area contributed by atoms with Crippen molar-refractivity contribution in [2.45, 2.75) is 38.0 Å². The SMILES string of the molecule is CCOC(=O)C(C)Sc1nc(C)c(C)cc1C#N. The molecular formula is C13H16N2O2S. The molecule has 0 radical (unpaired) electrons. The topological polar surface area (TPSA) is 63.0 Å². The highest BCUT2D eigenvalue weighted by atomic mass is 32.2. The third-order valence-electron chi connectivity index (χ3n) is 2.46. The predicted octanol–water partition coefficient (Wildman–Crippen LogP) is 2.61. The molecule has 0 bridgehead atoms. The number of pyridine rings is 1. The van der Waals surface area contributed by atoms with Crippen LogP contribution in [0.2, 0.25) is 0 Å². The third kappa shape index (κ3) is 3.47. The molecule has 1 aromatic heterocycles. The molecule has 0 saturated carbocycles. The zero-order valence-corrected chi connectivity index (χ0v) is 11.8. The molecule has 1 aromatic rings. The molecule has 0 aliphatic rings. The molecule has 1 unspecified atom stereocenters. The summed E-state index contributed by atoms with van der Waals surface area (Å²) in [5.41, 5.74) is 2.34. The molecule has 0 aliphatic heterocycles. The van der Waals surface area contributed by atoms with Crippen LogP contribution in [0.1, 0.15) is 30.7 Å². The lowest BCUT2D eigenvalue weighted by molar-refractivity contribution is -0.142. The maximum atomic E-state index is 11.5. The zero-order valence-electron chi connectivity index (χ0n) is 11.0. The summed E-state index contributed by atoms with van der Waals surface area (Å²) in [5.74, 6) is -0.286. The average Bonchev–Trinajstić information content (AvgIpc) is 2.33. The van der Waals surface area contributed by atoms with Gasteiger partial charge in [-0.2, -0.15) is 5.26 Å². The normalized spacial score (nSPS) is 11.7. The van der Waals surface area contributed by atoms with Gasteiger partial charge in [-0.05, 0) is 39.3 Å². The van der Waals surface area contributed by atoms with Gasteiger partial charge in [-0.25, -0.2) is 4.98 Å². The largest absolute Gasteiger partial charge is 0.465 e. The zero-order chi connectivity index (χ0) is 13.7. The van der Waals surface area contributed by atoms with Crippen LogP contribution in [0.3, 0.4) is 0 Å². The van der Waals surface area contributed by atoms with E-state index in [1.807, 2.05) is 13.8 Å². The van der Waals surface area contributed by atoms with E-state index >= 15 is 0 Å². The fourth-order valence-corrected chi connectivity index (χ4v) is 2.25. The third-order valence-corrected chi connectivity index (χ3v) is 3.54. The second-order valence-electron chi connectivity index (χ2n) is 3.87. The van der Waals surface area contributed by atoms with Gasteiger partial charge in [-0.3, -0.25) is 4.79 Å². The summed E-state index contributed by atoms with van der Waals surface area (Å²) in [7, 11) is 0. The minimum absolute atomic E-state index is 0.286. The fraction of sp³-hybridized carbons (Fsp3) is 0.462. The van der Waals surface area contributed by atoms with Crippen molar-refractivity contribution in [3.63, 3.8) is 0 Å². The van der Waals surface area contributed by atoms with Crippen LogP contribution < -0.4 is 0 Å². The van der Waals surface area contributed by atoms with Gasteiger partial charge >= 0.3 is 5.97 Å². The molecule has 0 aliphatic carbocycles. The van der Waals surface area contributed by atoms with Crippen LogP contribution in [0.5, 0.6) is 0 Å². The van der Waals surface area contributed by atoms with E-state index in [4.69, 9.17) is 10.00 Å². The number of aromatic nitrogens is 1. The Morgan fingerprint density at radius 2 is 2.28 bits per heavy atom. The van der Waals surface area contributed by atoms with Gasteiger partial charge in [-0.15, -0.1) is 0 Å². The predicted molar refractivity (Wildman–Crippen MR) is 70.4 cm³/mol. The van der Waals surface area contributed by atoms with Gasteiger partial charge in [0, 0.05) is 5.69 Å². The lowest BCUT2D eigenvalue weighted by Crippen LogP contribution is -2.17. The van der Waals surface area contributed by atoms with Gasteiger partial charge in [0.15, 0.2) is 0 Å². The Balaban J connectivity index is 2.94. The molecule has 0 N–H and O–H groups in total. The average molecular weight is 264 g/mol. The lowest BCUT2D eigenvalue weighted by atomic mass is 10.2. The van der Waals surface area contributed by atoms with E-state index in [-0.39, 0.29) is 11.2 Å². The summed E-state index contributed by atoms with van der Waals surface area (Å²) in [6.07, 6.45) is 0. The number of aryl methyl sites for hydroxylation is 2. The van der Waals surface area contributed by atoms with Gasteiger partial charge in [0.25, 0.3) is 0 Å². The number of carbonyl (C=O) groups is 1. The number of nitriles is 1. The summed E-state index contributed by atoms with van der Waals surface area (Å²) in [4.78, 5) is 15.9. The van der Waals surface area contributed by atoms with Crippen LogP contribution in [-0.2, 0) is 9.53 Å². The highest BCUT2D eigenvalue weighted by Gasteiger charge is 2.18. The molecule has 18 heavy (non-hydrogen) atoms.